The molecule has 1 N–H and O–H groups in total. The second-order valence-corrected chi connectivity index (χ2v) is 7.79. The topological polar surface area (TPSA) is 62.3 Å². The number of para-hydroxylation sites is 1. The van der Waals surface area contributed by atoms with E-state index >= 15 is 0 Å². The van der Waals surface area contributed by atoms with E-state index in [2.05, 4.69) is 10.3 Å². The fourth-order valence-corrected chi connectivity index (χ4v) is 3.86. The molecule has 1 aliphatic rings. The number of carbonyl (C=O) groups excluding carboxylic acids is 2. The molecule has 1 aliphatic carbocycles. The van der Waals surface area contributed by atoms with Crippen LogP contribution in [-0.2, 0) is 4.79 Å². The maximum atomic E-state index is 12.8. The minimum atomic E-state index is -0.225. The number of rotatable bonds is 4. The Hall–Kier alpha value is -2.73. The largest absolute Gasteiger partial charge is 0.322 e. The van der Waals surface area contributed by atoms with Gasteiger partial charge in [-0.3, -0.25) is 9.59 Å². The molecule has 2 amide bonds. The number of hydrogen-bond donors (Lipinski definition) is 1. The molecule has 1 saturated carbocycles. The summed E-state index contributed by atoms with van der Waals surface area (Å²) < 4.78 is 1.04. The predicted octanol–water partition coefficient (Wildman–Crippen LogP) is 4.23. The van der Waals surface area contributed by atoms with E-state index in [0.29, 0.717) is 11.3 Å². The van der Waals surface area contributed by atoms with E-state index in [0.717, 1.165) is 33.8 Å². The van der Waals surface area contributed by atoms with Crippen molar-refractivity contribution in [2.24, 2.45) is 5.92 Å². The number of anilines is 2. The molecule has 2 aromatic carbocycles. The monoisotopic (exact) mass is 365 g/mol. The molecule has 0 radical (unpaired) electrons. The lowest BCUT2D eigenvalue weighted by Crippen LogP contribution is -2.29. The molecular formula is C20H19N3O2S. The normalized spacial score (nSPS) is 13.6. The van der Waals surface area contributed by atoms with Crippen molar-refractivity contribution in [2.45, 2.75) is 19.8 Å². The third kappa shape index (κ3) is 3.20. The van der Waals surface area contributed by atoms with Gasteiger partial charge in [0.2, 0.25) is 5.91 Å². The summed E-state index contributed by atoms with van der Waals surface area (Å²) in [5.74, 6) is -0.0449. The van der Waals surface area contributed by atoms with Gasteiger partial charge in [0.25, 0.3) is 5.91 Å². The van der Waals surface area contributed by atoms with E-state index in [1.807, 2.05) is 43.3 Å². The van der Waals surface area contributed by atoms with Crippen molar-refractivity contribution in [3.8, 4) is 0 Å². The molecular weight excluding hydrogens is 346 g/mol. The first-order valence-corrected chi connectivity index (χ1v) is 9.40. The molecule has 26 heavy (non-hydrogen) atoms. The molecule has 0 unspecified atom stereocenters. The fraction of sp³-hybridized carbons (Fsp3) is 0.250. The first-order valence-electron chi connectivity index (χ1n) is 8.58. The van der Waals surface area contributed by atoms with Crippen molar-refractivity contribution in [1.82, 2.24) is 4.98 Å². The summed E-state index contributed by atoms with van der Waals surface area (Å²) in [6.45, 7) is 1.96. The molecule has 0 spiro atoms. The van der Waals surface area contributed by atoms with Crippen LogP contribution < -0.4 is 10.2 Å². The number of amides is 2. The first-order chi connectivity index (χ1) is 12.5. The van der Waals surface area contributed by atoms with Gasteiger partial charge < -0.3 is 10.2 Å². The standard InChI is InChI=1S/C20H19N3O2S/c1-12-21-16-10-9-14(11-18(16)26-12)22-19(24)15-5-3-4-6-17(15)23(2)20(25)13-7-8-13/h3-6,9-11,13H,7-8H2,1-2H3,(H,22,24). The van der Waals surface area contributed by atoms with E-state index in [1.165, 1.54) is 0 Å². The van der Waals surface area contributed by atoms with Crippen LogP contribution in [-0.4, -0.2) is 23.8 Å². The number of nitrogens with zero attached hydrogens (tertiary/aromatic N) is 2. The molecule has 1 aromatic heterocycles. The van der Waals surface area contributed by atoms with Crippen LogP contribution in [0.5, 0.6) is 0 Å². The molecule has 1 fully saturated rings. The third-order valence-corrected chi connectivity index (χ3v) is 5.45. The molecule has 3 aromatic rings. The second-order valence-electron chi connectivity index (χ2n) is 6.56. The van der Waals surface area contributed by atoms with Crippen molar-refractivity contribution in [1.29, 1.82) is 0 Å². The summed E-state index contributed by atoms with van der Waals surface area (Å²) in [6.07, 6.45) is 1.87. The summed E-state index contributed by atoms with van der Waals surface area (Å²) in [5.41, 5.74) is 2.78. The smallest absolute Gasteiger partial charge is 0.257 e. The van der Waals surface area contributed by atoms with Crippen LogP contribution in [0.1, 0.15) is 28.2 Å². The quantitative estimate of drug-likeness (QED) is 0.752. The number of benzene rings is 2. The average molecular weight is 365 g/mol. The number of aromatic nitrogens is 1. The van der Waals surface area contributed by atoms with Gasteiger partial charge in [0.05, 0.1) is 26.5 Å². The number of hydrogen-bond acceptors (Lipinski definition) is 4. The lowest BCUT2D eigenvalue weighted by Gasteiger charge is -2.20. The Morgan fingerprint density at radius 3 is 2.73 bits per heavy atom. The number of carbonyl (C=O) groups is 2. The minimum Gasteiger partial charge on any atom is -0.322 e. The van der Waals surface area contributed by atoms with Gasteiger partial charge in [0, 0.05) is 18.7 Å². The fourth-order valence-electron chi connectivity index (χ4n) is 3.00. The van der Waals surface area contributed by atoms with Gasteiger partial charge in [0.15, 0.2) is 0 Å². The van der Waals surface area contributed by atoms with Gasteiger partial charge in [-0.25, -0.2) is 4.98 Å². The summed E-state index contributed by atoms with van der Waals surface area (Å²) in [7, 11) is 1.74. The van der Waals surface area contributed by atoms with Gasteiger partial charge in [-0.2, -0.15) is 0 Å². The van der Waals surface area contributed by atoms with Gasteiger partial charge in [-0.15, -0.1) is 11.3 Å². The number of nitrogens with one attached hydrogen (secondary N) is 1. The summed E-state index contributed by atoms with van der Waals surface area (Å²) in [4.78, 5) is 31.2. The van der Waals surface area contributed by atoms with Crippen LogP contribution in [0.2, 0.25) is 0 Å². The first kappa shape index (κ1) is 16.7. The highest BCUT2D eigenvalue weighted by Gasteiger charge is 2.33. The van der Waals surface area contributed by atoms with Gasteiger partial charge in [-0.05, 0) is 50.1 Å². The molecule has 0 saturated heterocycles. The van der Waals surface area contributed by atoms with Crippen LogP contribution in [0.15, 0.2) is 42.5 Å². The lowest BCUT2D eigenvalue weighted by atomic mass is 10.1. The highest BCUT2D eigenvalue weighted by Crippen LogP contribution is 2.33. The summed E-state index contributed by atoms with van der Waals surface area (Å²) in [5, 5.41) is 3.94. The van der Waals surface area contributed by atoms with Crippen LogP contribution in [0.4, 0.5) is 11.4 Å². The summed E-state index contributed by atoms with van der Waals surface area (Å²) >= 11 is 1.60. The Balaban J connectivity index is 1.60. The Morgan fingerprint density at radius 1 is 1.19 bits per heavy atom. The van der Waals surface area contributed by atoms with Gasteiger partial charge in [-0.1, -0.05) is 12.1 Å². The van der Waals surface area contributed by atoms with Crippen LogP contribution in [0.25, 0.3) is 10.2 Å². The van der Waals surface area contributed by atoms with Crippen molar-refractivity contribution < 1.29 is 9.59 Å². The van der Waals surface area contributed by atoms with E-state index in [1.54, 1.807) is 29.4 Å². The zero-order valence-electron chi connectivity index (χ0n) is 14.7. The SMILES string of the molecule is Cc1nc2ccc(NC(=O)c3ccccc3N(C)C(=O)C3CC3)cc2s1. The Labute approximate surface area is 155 Å². The van der Waals surface area contributed by atoms with E-state index < -0.39 is 0 Å². The minimum absolute atomic E-state index is 0.0757. The molecule has 1 heterocycles. The number of fused-ring (bicyclic) bond motifs is 1. The Kier molecular flexibility index (Phi) is 4.20. The second kappa shape index (κ2) is 6.53. The molecule has 0 atom stereocenters. The third-order valence-electron chi connectivity index (χ3n) is 4.52. The molecule has 0 bridgehead atoms. The van der Waals surface area contributed by atoms with Gasteiger partial charge >= 0.3 is 0 Å². The predicted molar refractivity (Wildman–Crippen MR) is 105 cm³/mol. The number of thiazole rings is 1. The van der Waals surface area contributed by atoms with E-state index in [4.69, 9.17) is 0 Å². The number of aryl methyl sites for hydroxylation is 1. The molecule has 132 valence electrons. The summed E-state index contributed by atoms with van der Waals surface area (Å²) in [6, 6.07) is 12.9. The maximum Gasteiger partial charge on any atom is 0.257 e. The van der Waals surface area contributed by atoms with Gasteiger partial charge in [0.1, 0.15) is 0 Å². The van der Waals surface area contributed by atoms with E-state index in [9.17, 15) is 9.59 Å². The average Bonchev–Trinajstić information content (AvgIpc) is 3.42. The van der Waals surface area contributed by atoms with Crippen LogP contribution in [0.3, 0.4) is 0 Å². The highest BCUT2D eigenvalue weighted by atomic mass is 32.1. The van der Waals surface area contributed by atoms with Crippen molar-refractivity contribution in [3.05, 3.63) is 53.0 Å². The lowest BCUT2D eigenvalue weighted by molar-refractivity contribution is -0.119. The van der Waals surface area contributed by atoms with E-state index in [-0.39, 0.29) is 17.7 Å². The van der Waals surface area contributed by atoms with Crippen molar-refractivity contribution in [3.63, 3.8) is 0 Å². The molecule has 4 rings (SSSR count). The zero-order valence-corrected chi connectivity index (χ0v) is 15.5. The van der Waals surface area contributed by atoms with Crippen molar-refractivity contribution in [2.75, 3.05) is 17.3 Å². The maximum absolute atomic E-state index is 12.8. The van der Waals surface area contributed by atoms with Crippen LogP contribution in [0, 0.1) is 12.8 Å². The Morgan fingerprint density at radius 2 is 1.96 bits per heavy atom. The highest BCUT2D eigenvalue weighted by molar-refractivity contribution is 7.18. The molecule has 6 heteroatoms. The Bertz CT molecular complexity index is 1010. The zero-order chi connectivity index (χ0) is 18.3. The molecule has 5 nitrogen and oxygen atoms in total. The van der Waals surface area contributed by atoms with Crippen molar-refractivity contribution >= 4 is 44.7 Å². The molecule has 0 aliphatic heterocycles. The van der Waals surface area contributed by atoms with Crippen LogP contribution >= 0.6 is 11.3 Å².